The summed E-state index contributed by atoms with van der Waals surface area (Å²) in [6, 6.07) is 6.53. The number of amides is 1. The fraction of sp³-hybridized carbons (Fsp3) is 0.143. The number of aryl methyl sites for hydroxylation is 1. The van der Waals surface area contributed by atoms with Gasteiger partial charge in [-0.2, -0.15) is 0 Å². The van der Waals surface area contributed by atoms with Gasteiger partial charge in [0.25, 0.3) is 0 Å². The van der Waals surface area contributed by atoms with Crippen molar-refractivity contribution in [1.82, 2.24) is 9.97 Å². The van der Waals surface area contributed by atoms with Crippen LogP contribution in [0, 0.1) is 6.92 Å². The average molecular weight is 271 g/mol. The highest BCUT2D eigenvalue weighted by Gasteiger charge is 2.09. The summed E-state index contributed by atoms with van der Waals surface area (Å²) in [6.07, 6.45) is 2.98. The van der Waals surface area contributed by atoms with Gasteiger partial charge < -0.3 is 10.4 Å². The first-order valence-electron chi connectivity index (χ1n) is 5.96. The molecule has 0 aliphatic heterocycles. The highest BCUT2D eigenvalue weighted by atomic mass is 16.4. The molecule has 2 heterocycles. The molecule has 1 amide bonds. The summed E-state index contributed by atoms with van der Waals surface area (Å²) in [4.78, 5) is 30.5. The molecule has 0 aromatic carbocycles. The summed E-state index contributed by atoms with van der Waals surface area (Å²) in [5.74, 6) is -0.990. The second-order valence-electron chi connectivity index (χ2n) is 4.23. The molecule has 0 spiro atoms. The van der Waals surface area contributed by atoms with Crippen LogP contribution < -0.4 is 5.32 Å². The molecule has 0 unspecified atom stereocenters. The topological polar surface area (TPSA) is 92.2 Å². The zero-order valence-electron chi connectivity index (χ0n) is 10.8. The lowest BCUT2D eigenvalue weighted by molar-refractivity contribution is -0.115. The van der Waals surface area contributed by atoms with Crippen molar-refractivity contribution in [3.63, 3.8) is 0 Å². The molecule has 2 aromatic heterocycles. The van der Waals surface area contributed by atoms with Gasteiger partial charge in [0.2, 0.25) is 5.91 Å². The predicted octanol–water partition coefficient (Wildman–Crippen LogP) is 1.66. The van der Waals surface area contributed by atoms with E-state index in [1.54, 1.807) is 6.20 Å². The Labute approximate surface area is 115 Å². The molecule has 0 saturated carbocycles. The lowest BCUT2D eigenvalue weighted by Crippen LogP contribution is -2.16. The predicted molar refractivity (Wildman–Crippen MR) is 72.5 cm³/mol. The van der Waals surface area contributed by atoms with Crippen LogP contribution in [-0.4, -0.2) is 27.0 Å². The van der Waals surface area contributed by atoms with Crippen molar-refractivity contribution in [2.75, 3.05) is 5.32 Å². The lowest BCUT2D eigenvalue weighted by Gasteiger charge is -2.06. The van der Waals surface area contributed by atoms with E-state index in [1.807, 2.05) is 19.1 Å². The summed E-state index contributed by atoms with van der Waals surface area (Å²) in [6.45, 7) is 1.88. The zero-order chi connectivity index (χ0) is 14.5. The summed E-state index contributed by atoms with van der Waals surface area (Å²) in [5.41, 5.74) is 1.72. The molecule has 2 N–H and O–H groups in total. The minimum absolute atomic E-state index is 0.0727. The summed E-state index contributed by atoms with van der Waals surface area (Å²) >= 11 is 0. The Morgan fingerprint density at radius 3 is 2.65 bits per heavy atom. The van der Waals surface area contributed by atoms with E-state index in [4.69, 9.17) is 5.11 Å². The minimum atomic E-state index is -1.06. The van der Waals surface area contributed by atoms with E-state index in [0.29, 0.717) is 11.5 Å². The molecule has 2 aromatic rings. The molecular weight excluding hydrogens is 258 g/mol. The van der Waals surface area contributed by atoms with Crippen molar-refractivity contribution in [1.29, 1.82) is 0 Å². The van der Waals surface area contributed by atoms with Crippen LogP contribution in [-0.2, 0) is 11.2 Å². The molecule has 0 atom stereocenters. The van der Waals surface area contributed by atoms with Gasteiger partial charge in [0.05, 0.1) is 17.7 Å². The number of nitrogens with zero attached hydrogens (tertiary/aromatic N) is 2. The number of hydrogen-bond donors (Lipinski definition) is 2. The summed E-state index contributed by atoms with van der Waals surface area (Å²) < 4.78 is 0. The second kappa shape index (κ2) is 5.92. The quantitative estimate of drug-likeness (QED) is 0.882. The van der Waals surface area contributed by atoms with Crippen LogP contribution >= 0.6 is 0 Å². The van der Waals surface area contributed by atoms with Gasteiger partial charge in [-0.15, -0.1) is 0 Å². The maximum Gasteiger partial charge on any atom is 0.337 e. The number of aromatic nitrogens is 2. The van der Waals surface area contributed by atoms with Crippen LogP contribution in [0.15, 0.2) is 36.7 Å². The fourth-order valence-corrected chi connectivity index (χ4v) is 1.64. The first-order valence-corrected chi connectivity index (χ1v) is 5.96. The molecule has 102 valence electrons. The van der Waals surface area contributed by atoms with Crippen LogP contribution in [0.1, 0.15) is 21.6 Å². The van der Waals surface area contributed by atoms with Crippen LogP contribution in [0.2, 0.25) is 0 Å². The Morgan fingerprint density at radius 1 is 1.25 bits per heavy atom. The maximum absolute atomic E-state index is 11.8. The molecule has 20 heavy (non-hydrogen) atoms. The van der Waals surface area contributed by atoms with Crippen molar-refractivity contribution in [2.24, 2.45) is 0 Å². The highest BCUT2D eigenvalue weighted by molar-refractivity contribution is 5.92. The van der Waals surface area contributed by atoms with E-state index in [-0.39, 0.29) is 17.9 Å². The van der Waals surface area contributed by atoms with Gasteiger partial charge in [0.15, 0.2) is 0 Å². The second-order valence-corrected chi connectivity index (χ2v) is 4.23. The van der Waals surface area contributed by atoms with E-state index in [2.05, 4.69) is 15.3 Å². The van der Waals surface area contributed by atoms with Crippen LogP contribution in [0.5, 0.6) is 0 Å². The van der Waals surface area contributed by atoms with E-state index in [1.165, 1.54) is 18.3 Å². The first kappa shape index (κ1) is 13.7. The zero-order valence-corrected chi connectivity index (χ0v) is 10.8. The first-order chi connectivity index (χ1) is 9.56. The number of hydrogen-bond acceptors (Lipinski definition) is 4. The normalized spacial score (nSPS) is 10.1. The number of carboxylic acid groups (broad SMARTS) is 1. The number of anilines is 1. The number of carboxylic acids is 1. The Hall–Kier alpha value is -2.76. The Kier molecular flexibility index (Phi) is 4.05. The molecule has 0 radical (unpaired) electrons. The van der Waals surface area contributed by atoms with Crippen LogP contribution in [0.25, 0.3) is 0 Å². The van der Waals surface area contributed by atoms with Gasteiger partial charge in [-0.3, -0.25) is 9.78 Å². The minimum Gasteiger partial charge on any atom is -0.478 e. The number of carbonyl (C=O) groups excluding carboxylic acids is 1. The summed E-state index contributed by atoms with van der Waals surface area (Å²) in [7, 11) is 0. The molecular formula is C14H13N3O3. The van der Waals surface area contributed by atoms with Crippen LogP contribution in [0.3, 0.4) is 0 Å². The number of aromatic carboxylic acids is 1. The molecule has 0 saturated heterocycles. The SMILES string of the molecule is Cc1cccnc1CC(=O)Nc1ccc(C(=O)O)cn1. The Morgan fingerprint density at radius 2 is 2.05 bits per heavy atom. The van der Waals surface area contributed by atoms with Gasteiger partial charge in [-0.05, 0) is 30.7 Å². The van der Waals surface area contributed by atoms with Crippen molar-refractivity contribution in [3.8, 4) is 0 Å². The van der Waals surface area contributed by atoms with Gasteiger partial charge in [0, 0.05) is 12.4 Å². The number of nitrogens with one attached hydrogen (secondary N) is 1. The van der Waals surface area contributed by atoms with Gasteiger partial charge in [-0.1, -0.05) is 6.07 Å². The average Bonchev–Trinajstić information content (AvgIpc) is 2.42. The highest BCUT2D eigenvalue weighted by Crippen LogP contribution is 2.08. The largest absolute Gasteiger partial charge is 0.478 e. The van der Waals surface area contributed by atoms with Crippen molar-refractivity contribution >= 4 is 17.7 Å². The smallest absolute Gasteiger partial charge is 0.337 e. The molecule has 0 aliphatic carbocycles. The summed E-state index contributed by atoms with van der Waals surface area (Å²) in [5, 5.41) is 11.3. The third-order valence-electron chi connectivity index (χ3n) is 2.72. The molecule has 0 aliphatic rings. The van der Waals surface area contributed by atoms with E-state index < -0.39 is 5.97 Å². The molecule has 0 bridgehead atoms. The van der Waals surface area contributed by atoms with E-state index >= 15 is 0 Å². The Balaban J connectivity index is 2.01. The lowest BCUT2D eigenvalue weighted by atomic mass is 10.1. The van der Waals surface area contributed by atoms with Gasteiger partial charge >= 0.3 is 5.97 Å². The molecule has 6 heteroatoms. The standard InChI is InChI=1S/C14H13N3O3/c1-9-3-2-6-15-11(9)7-13(18)17-12-5-4-10(8-16-12)14(19)20/h2-6,8H,7H2,1H3,(H,19,20)(H,16,17,18). The third kappa shape index (κ3) is 3.38. The number of carbonyl (C=O) groups is 2. The van der Waals surface area contributed by atoms with Crippen molar-refractivity contribution in [2.45, 2.75) is 13.3 Å². The third-order valence-corrected chi connectivity index (χ3v) is 2.72. The van der Waals surface area contributed by atoms with Gasteiger partial charge in [-0.25, -0.2) is 9.78 Å². The monoisotopic (exact) mass is 271 g/mol. The van der Waals surface area contributed by atoms with E-state index in [9.17, 15) is 9.59 Å². The van der Waals surface area contributed by atoms with Gasteiger partial charge in [0.1, 0.15) is 5.82 Å². The number of rotatable bonds is 4. The Bertz CT molecular complexity index is 638. The molecule has 0 fully saturated rings. The fourth-order valence-electron chi connectivity index (χ4n) is 1.64. The van der Waals surface area contributed by atoms with Crippen molar-refractivity contribution < 1.29 is 14.7 Å². The molecule has 6 nitrogen and oxygen atoms in total. The van der Waals surface area contributed by atoms with Crippen LogP contribution in [0.4, 0.5) is 5.82 Å². The van der Waals surface area contributed by atoms with Crippen molar-refractivity contribution in [3.05, 3.63) is 53.5 Å². The van der Waals surface area contributed by atoms with E-state index in [0.717, 1.165) is 5.56 Å². The number of pyridine rings is 2. The maximum atomic E-state index is 11.8. The molecule has 2 rings (SSSR count).